The first-order valence-electron chi connectivity index (χ1n) is 6.26. The van der Waals surface area contributed by atoms with Crippen LogP contribution in [0.1, 0.15) is 25.0 Å². The van der Waals surface area contributed by atoms with Crippen LogP contribution in [0.4, 0.5) is 5.69 Å². The minimum Gasteiger partial charge on any atom is -0.351 e. The van der Waals surface area contributed by atoms with Crippen molar-refractivity contribution in [3.05, 3.63) is 29.3 Å². The first-order valence-corrected chi connectivity index (χ1v) is 6.26. The molecule has 0 radical (unpaired) electrons. The molecule has 1 aromatic rings. The summed E-state index contributed by atoms with van der Waals surface area (Å²) >= 11 is 0. The Labute approximate surface area is 112 Å². The molecular formula is C14H19N3O2. The van der Waals surface area contributed by atoms with Crippen LogP contribution in [0.5, 0.6) is 0 Å². The second-order valence-electron chi connectivity index (χ2n) is 5.32. The second-order valence-corrected chi connectivity index (χ2v) is 5.32. The van der Waals surface area contributed by atoms with E-state index in [9.17, 15) is 9.59 Å². The lowest BCUT2D eigenvalue weighted by atomic mass is 9.85. The smallest absolute Gasteiger partial charge is 0.236 e. The highest BCUT2D eigenvalue weighted by Crippen LogP contribution is 2.40. The predicted molar refractivity (Wildman–Crippen MR) is 73.8 cm³/mol. The average Bonchev–Trinajstić information content (AvgIpc) is 2.57. The molecule has 1 aromatic carbocycles. The molecule has 0 saturated heterocycles. The van der Waals surface area contributed by atoms with Crippen LogP contribution in [0.2, 0.25) is 0 Å². The molecule has 0 unspecified atom stereocenters. The Morgan fingerprint density at radius 1 is 1.42 bits per heavy atom. The van der Waals surface area contributed by atoms with Crippen molar-refractivity contribution in [2.45, 2.75) is 25.8 Å². The van der Waals surface area contributed by atoms with Gasteiger partial charge in [-0.25, -0.2) is 0 Å². The summed E-state index contributed by atoms with van der Waals surface area (Å²) in [6.45, 7) is 4.24. The molecule has 0 fully saturated rings. The zero-order valence-electron chi connectivity index (χ0n) is 11.5. The van der Waals surface area contributed by atoms with Gasteiger partial charge >= 0.3 is 0 Å². The monoisotopic (exact) mass is 261 g/mol. The summed E-state index contributed by atoms with van der Waals surface area (Å²) in [7, 11) is 1.78. The number of hydrogen-bond donors (Lipinski definition) is 2. The molecule has 19 heavy (non-hydrogen) atoms. The predicted octanol–water partition coefficient (Wildman–Crippen LogP) is 0.516. The summed E-state index contributed by atoms with van der Waals surface area (Å²) in [5, 5.41) is 2.73. The summed E-state index contributed by atoms with van der Waals surface area (Å²) in [5.74, 6) is -0.0985. The SMILES string of the molecule is CN1C(=O)C(C)(C)c2cc(CNC(=O)CN)ccc21. The van der Waals surface area contributed by atoms with Crippen LogP contribution in [0.15, 0.2) is 18.2 Å². The minimum atomic E-state index is -0.516. The van der Waals surface area contributed by atoms with Gasteiger partial charge in [-0.2, -0.15) is 0 Å². The van der Waals surface area contributed by atoms with Gasteiger partial charge in [-0.05, 0) is 31.0 Å². The van der Waals surface area contributed by atoms with Crippen LogP contribution in [0.25, 0.3) is 0 Å². The van der Waals surface area contributed by atoms with E-state index in [2.05, 4.69) is 5.32 Å². The van der Waals surface area contributed by atoms with E-state index >= 15 is 0 Å². The highest BCUT2D eigenvalue weighted by molar-refractivity contribution is 6.07. The van der Waals surface area contributed by atoms with Crippen LogP contribution in [-0.2, 0) is 21.5 Å². The van der Waals surface area contributed by atoms with E-state index in [1.807, 2.05) is 32.0 Å². The van der Waals surface area contributed by atoms with Gasteiger partial charge in [0.2, 0.25) is 11.8 Å². The maximum Gasteiger partial charge on any atom is 0.236 e. The third-order valence-electron chi connectivity index (χ3n) is 3.61. The lowest BCUT2D eigenvalue weighted by molar-refractivity contribution is -0.122. The summed E-state index contributed by atoms with van der Waals surface area (Å²) in [4.78, 5) is 25.0. The molecule has 2 amide bonds. The van der Waals surface area contributed by atoms with Gasteiger partial charge < -0.3 is 16.0 Å². The Balaban J connectivity index is 2.28. The van der Waals surface area contributed by atoms with E-state index in [1.54, 1.807) is 11.9 Å². The van der Waals surface area contributed by atoms with Gasteiger partial charge in [0, 0.05) is 19.3 Å². The average molecular weight is 261 g/mol. The molecule has 5 nitrogen and oxygen atoms in total. The number of nitrogens with zero attached hydrogens (tertiary/aromatic N) is 1. The number of amides is 2. The van der Waals surface area contributed by atoms with Crippen LogP contribution >= 0.6 is 0 Å². The lowest BCUT2D eigenvalue weighted by Gasteiger charge is -2.16. The van der Waals surface area contributed by atoms with Crippen molar-refractivity contribution >= 4 is 17.5 Å². The van der Waals surface area contributed by atoms with Crippen molar-refractivity contribution in [2.24, 2.45) is 5.73 Å². The van der Waals surface area contributed by atoms with Crippen molar-refractivity contribution < 1.29 is 9.59 Å². The van der Waals surface area contributed by atoms with Gasteiger partial charge in [0.1, 0.15) is 0 Å². The normalized spacial score (nSPS) is 16.4. The van der Waals surface area contributed by atoms with Gasteiger partial charge in [-0.3, -0.25) is 9.59 Å². The summed E-state index contributed by atoms with van der Waals surface area (Å²) in [6, 6.07) is 5.82. The summed E-state index contributed by atoms with van der Waals surface area (Å²) in [5.41, 5.74) is 7.63. The van der Waals surface area contributed by atoms with Crippen LogP contribution in [0, 0.1) is 0 Å². The van der Waals surface area contributed by atoms with E-state index in [0.29, 0.717) is 6.54 Å². The first-order chi connectivity index (χ1) is 8.87. The van der Waals surface area contributed by atoms with Crippen LogP contribution in [0.3, 0.4) is 0 Å². The van der Waals surface area contributed by atoms with E-state index < -0.39 is 5.41 Å². The van der Waals surface area contributed by atoms with Crippen molar-refractivity contribution in [3.8, 4) is 0 Å². The third kappa shape index (κ3) is 2.21. The fourth-order valence-corrected chi connectivity index (χ4v) is 2.40. The first kappa shape index (κ1) is 13.5. The molecule has 1 aliphatic heterocycles. The second kappa shape index (κ2) is 4.66. The number of rotatable bonds is 3. The van der Waals surface area contributed by atoms with Gasteiger partial charge in [-0.15, -0.1) is 0 Å². The molecule has 0 spiro atoms. The molecule has 1 heterocycles. The van der Waals surface area contributed by atoms with E-state index in [-0.39, 0.29) is 18.4 Å². The van der Waals surface area contributed by atoms with Crippen molar-refractivity contribution in [3.63, 3.8) is 0 Å². The maximum absolute atomic E-state index is 12.1. The zero-order valence-corrected chi connectivity index (χ0v) is 11.5. The highest BCUT2D eigenvalue weighted by atomic mass is 16.2. The fourth-order valence-electron chi connectivity index (χ4n) is 2.40. The Morgan fingerprint density at radius 3 is 2.74 bits per heavy atom. The highest BCUT2D eigenvalue weighted by Gasteiger charge is 2.42. The van der Waals surface area contributed by atoms with E-state index in [0.717, 1.165) is 16.8 Å². The molecule has 1 aliphatic rings. The number of hydrogen-bond acceptors (Lipinski definition) is 3. The Hall–Kier alpha value is -1.88. The molecule has 5 heteroatoms. The molecule has 3 N–H and O–H groups in total. The molecule has 0 aliphatic carbocycles. The van der Waals surface area contributed by atoms with E-state index in [4.69, 9.17) is 5.73 Å². The Kier molecular flexibility index (Phi) is 3.32. The van der Waals surface area contributed by atoms with Gasteiger partial charge in [0.25, 0.3) is 0 Å². The Bertz CT molecular complexity index is 537. The third-order valence-corrected chi connectivity index (χ3v) is 3.61. The van der Waals surface area contributed by atoms with Gasteiger partial charge in [0.05, 0.1) is 12.0 Å². The van der Waals surface area contributed by atoms with Crippen LogP contribution < -0.4 is 16.0 Å². The number of benzene rings is 1. The molecule has 102 valence electrons. The molecule has 0 saturated carbocycles. The molecule has 0 aromatic heterocycles. The number of carbonyl (C=O) groups excluding carboxylic acids is 2. The standard InChI is InChI=1S/C14H19N3O2/c1-14(2)10-6-9(8-16-12(18)7-15)4-5-11(10)17(3)13(14)19/h4-6H,7-8,15H2,1-3H3,(H,16,18). The molecule has 0 bridgehead atoms. The van der Waals surface area contributed by atoms with Gasteiger partial charge in [-0.1, -0.05) is 12.1 Å². The fraction of sp³-hybridized carbons (Fsp3) is 0.429. The number of fused-ring (bicyclic) bond motifs is 1. The van der Waals surface area contributed by atoms with E-state index in [1.165, 1.54) is 0 Å². The van der Waals surface area contributed by atoms with Crippen molar-refractivity contribution in [2.75, 3.05) is 18.5 Å². The van der Waals surface area contributed by atoms with Crippen molar-refractivity contribution in [1.29, 1.82) is 0 Å². The number of nitrogens with one attached hydrogen (secondary N) is 1. The molecule has 2 rings (SSSR count). The van der Waals surface area contributed by atoms with Gasteiger partial charge in [0.15, 0.2) is 0 Å². The minimum absolute atomic E-state index is 0.0162. The molecule has 0 atom stereocenters. The Morgan fingerprint density at radius 2 is 2.11 bits per heavy atom. The van der Waals surface area contributed by atoms with Crippen LogP contribution in [-0.4, -0.2) is 25.4 Å². The van der Waals surface area contributed by atoms with Crippen molar-refractivity contribution in [1.82, 2.24) is 5.32 Å². The topological polar surface area (TPSA) is 75.4 Å². The summed E-state index contributed by atoms with van der Waals surface area (Å²) in [6.07, 6.45) is 0. The number of likely N-dealkylation sites (N-methyl/N-ethyl adjacent to an activating group) is 1. The number of carbonyl (C=O) groups is 2. The zero-order chi connectivity index (χ0) is 14.2. The maximum atomic E-state index is 12.1. The largest absolute Gasteiger partial charge is 0.351 e. The molecular weight excluding hydrogens is 242 g/mol. The number of nitrogens with two attached hydrogens (primary N) is 1. The quantitative estimate of drug-likeness (QED) is 0.832. The number of anilines is 1. The summed E-state index contributed by atoms with van der Waals surface area (Å²) < 4.78 is 0. The lowest BCUT2D eigenvalue weighted by Crippen LogP contribution is -2.33.